The lowest BCUT2D eigenvalue weighted by Crippen LogP contribution is -2.71. The summed E-state index contributed by atoms with van der Waals surface area (Å²) in [6, 6.07) is 4.43. The van der Waals surface area contributed by atoms with Crippen molar-refractivity contribution in [1.82, 2.24) is 35.4 Å². The number of nitrogens with one attached hydrogen (secondary N) is 2. The number of aliphatic carboxylic acids is 1. The van der Waals surface area contributed by atoms with Crippen molar-refractivity contribution in [2.45, 2.75) is 23.2 Å². The number of nitrogens with zero attached hydrogens (tertiary/aromatic N) is 8. The van der Waals surface area contributed by atoms with E-state index in [0.29, 0.717) is 22.0 Å². The van der Waals surface area contributed by atoms with Crippen LogP contribution in [-0.4, -0.2) is 99.7 Å². The fourth-order valence-corrected chi connectivity index (χ4v) is 7.24. The summed E-state index contributed by atoms with van der Waals surface area (Å²) in [5.41, 5.74) is 0.516. The number of hydrogen-bond acceptors (Lipinski definition) is 16. The molecule has 0 spiro atoms. The molecule has 2 aliphatic rings. The van der Waals surface area contributed by atoms with Gasteiger partial charge in [-0.1, -0.05) is 16.9 Å². The Morgan fingerprint density at radius 1 is 1.28 bits per heavy atom. The molecule has 2 atom stereocenters. The first-order valence-corrected chi connectivity index (χ1v) is 15.8. The molecule has 3 aromatic rings. The minimum Gasteiger partial charge on any atom is -0.477 e. The largest absolute Gasteiger partial charge is 0.477 e. The van der Waals surface area contributed by atoms with Crippen LogP contribution in [0.25, 0.3) is 0 Å². The van der Waals surface area contributed by atoms with Gasteiger partial charge in [0.15, 0.2) is 10.8 Å². The molecule has 3 amide bonds. The molecule has 2 aromatic heterocycles. The van der Waals surface area contributed by atoms with E-state index in [4.69, 9.17) is 9.57 Å². The van der Waals surface area contributed by atoms with Crippen molar-refractivity contribution < 1.29 is 38.8 Å². The Hall–Kier alpha value is -5.09. The van der Waals surface area contributed by atoms with E-state index in [1.54, 1.807) is 7.05 Å². The summed E-state index contributed by atoms with van der Waals surface area (Å²) in [5.74, 6) is -2.16. The van der Waals surface area contributed by atoms with Gasteiger partial charge in [-0.25, -0.2) is 19.3 Å². The van der Waals surface area contributed by atoms with E-state index < -0.39 is 40.2 Å². The van der Waals surface area contributed by atoms with Gasteiger partial charge in [0, 0.05) is 36.1 Å². The zero-order valence-corrected chi connectivity index (χ0v) is 26.1. The highest BCUT2D eigenvalue weighted by Crippen LogP contribution is 2.41. The van der Waals surface area contributed by atoms with Crippen molar-refractivity contribution in [2.75, 3.05) is 23.9 Å². The van der Waals surface area contributed by atoms with Gasteiger partial charge >= 0.3 is 12.1 Å². The monoisotopic (exact) mass is 690 g/mol. The van der Waals surface area contributed by atoms with Crippen LogP contribution < -0.4 is 10.6 Å². The molecule has 0 radical (unpaired) electrons. The number of benzene rings is 1. The Balaban J connectivity index is 1.19. The van der Waals surface area contributed by atoms with Gasteiger partial charge in [0.25, 0.3) is 17.5 Å². The number of aromatic nitrogens is 5. The van der Waals surface area contributed by atoms with Crippen LogP contribution >= 0.6 is 34.9 Å². The SMILES string of the molecule is CON=C(C(=O)NC1C(=O)N2C(C(=O)O)=C(CSc3nnnn3C)CS[C@H]12)c1csc(NC(=O)OCc2ccc([N+](=O)[O-])cc2)n1. The number of aryl methyl sites for hydroxylation is 1. The van der Waals surface area contributed by atoms with E-state index in [-0.39, 0.29) is 40.3 Å². The third-order valence-electron chi connectivity index (χ3n) is 6.36. The van der Waals surface area contributed by atoms with E-state index in [2.05, 4.69) is 36.3 Å². The highest BCUT2D eigenvalue weighted by Gasteiger charge is 2.54. The topological polar surface area (TPSA) is 246 Å². The van der Waals surface area contributed by atoms with Crippen LogP contribution in [-0.2, 0) is 37.6 Å². The summed E-state index contributed by atoms with van der Waals surface area (Å²) < 4.78 is 6.56. The molecule has 46 heavy (non-hydrogen) atoms. The van der Waals surface area contributed by atoms with Crippen molar-refractivity contribution in [3.05, 3.63) is 62.3 Å². The summed E-state index contributed by atoms with van der Waals surface area (Å²) in [5, 5.41) is 41.9. The molecule has 1 aromatic carbocycles. The number of nitro groups is 1. The maximum Gasteiger partial charge on any atom is 0.413 e. The molecule has 22 heteroatoms. The third kappa shape index (κ3) is 6.92. The van der Waals surface area contributed by atoms with E-state index in [1.807, 2.05) is 0 Å². The van der Waals surface area contributed by atoms with E-state index in [1.165, 1.54) is 65.0 Å². The van der Waals surface area contributed by atoms with Gasteiger partial charge in [-0.05, 0) is 33.7 Å². The number of oxime groups is 1. The van der Waals surface area contributed by atoms with Gasteiger partial charge in [0.1, 0.15) is 36.5 Å². The van der Waals surface area contributed by atoms with Crippen molar-refractivity contribution >= 4 is 75.3 Å². The number of β-lactam (4-membered cyclic amide) rings is 1. The Bertz CT molecular complexity index is 1760. The number of amides is 3. The molecule has 4 heterocycles. The number of non-ortho nitro benzene ring substituents is 1. The number of ether oxygens (including phenoxy) is 1. The zero-order valence-electron chi connectivity index (χ0n) is 23.7. The maximum atomic E-state index is 13.2. The summed E-state index contributed by atoms with van der Waals surface area (Å²) in [6.45, 7) is -0.162. The zero-order chi connectivity index (χ0) is 33.0. The second-order valence-electron chi connectivity index (χ2n) is 9.28. The minimum absolute atomic E-state index is 0.0265. The Morgan fingerprint density at radius 3 is 2.70 bits per heavy atom. The van der Waals surface area contributed by atoms with Crippen LogP contribution in [0.1, 0.15) is 11.3 Å². The number of nitro benzene ring substituents is 1. The Kier molecular flexibility index (Phi) is 9.77. The number of thiazole rings is 1. The predicted molar refractivity (Wildman–Crippen MR) is 162 cm³/mol. The molecule has 0 saturated carbocycles. The van der Waals surface area contributed by atoms with Crippen molar-refractivity contribution in [1.29, 1.82) is 0 Å². The van der Waals surface area contributed by atoms with Gasteiger partial charge < -0.3 is 20.0 Å². The first kappa shape index (κ1) is 32.3. The molecule has 3 N–H and O–H groups in total. The number of tetrazole rings is 1. The molecule has 1 unspecified atom stereocenters. The molecule has 2 aliphatic heterocycles. The number of thioether (sulfide) groups is 2. The van der Waals surface area contributed by atoms with E-state index in [9.17, 15) is 34.4 Å². The van der Waals surface area contributed by atoms with Crippen LogP contribution in [0.15, 0.2) is 51.2 Å². The lowest BCUT2D eigenvalue weighted by molar-refractivity contribution is -0.384. The number of carboxylic acid groups (broad SMARTS) is 1. The molecule has 240 valence electrons. The summed E-state index contributed by atoms with van der Waals surface area (Å²) >= 11 is 3.49. The van der Waals surface area contributed by atoms with Gasteiger partial charge in [-0.15, -0.1) is 28.2 Å². The van der Waals surface area contributed by atoms with Crippen LogP contribution in [0, 0.1) is 10.1 Å². The van der Waals surface area contributed by atoms with Crippen molar-refractivity contribution in [2.24, 2.45) is 12.2 Å². The fourth-order valence-electron chi connectivity index (χ4n) is 4.22. The second kappa shape index (κ2) is 13.9. The van der Waals surface area contributed by atoms with Crippen LogP contribution in [0.2, 0.25) is 0 Å². The van der Waals surface area contributed by atoms with Crippen LogP contribution in [0.3, 0.4) is 0 Å². The second-order valence-corrected chi connectivity index (χ2v) is 12.2. The van der Waals surface area contributed by atoms with E-state index in [0.717, 1.165) is 16.2 Å². The molecule has 19 nitrogen and oxygen atoms in total. The summed E-state index contributed by atoms with van der Waals surface area (Å²) in [7, 11) is 2.86. The van der Waals surface area contributed by atoms with Crippen LogP contribution in [0.5, 0.6) is 0 Å². The Morgan fingerprint density at radius 2 is 2.04 bits per heavy atom. The number of fused-ring (bicyclic) bond motifs is 1. The maximum absolute atomic E-state index is 13.2. The lowest BCUT2D eigenvalue weighted by Gasteiger charge is -2.49. The normalized spacial score (nSPS) is 17.6. The number of carbonyl (C=O) groups is 4. The van der Waals surface area contributed by atoms with E-state index >= 15 is 0 Å². The number of carbonyl (C=O) groups excluding carboxylic acids is 3. The molecule has 0 aliphatic carbocycles. The number of carboxylic acids is 1. The van der Waals surface area contributed by atoms with Gasteiger partial charge in [0.05, 0.1) is 4.92 Å². The fraction of sp³-hybridized carbons (Fsp3) is 0.292. The smallest absolute Gasteiger partial charge is 0.413 e. The highest BCUT2D eigenvalue weighted by molar-refractivity contribution is 8.01. The van der Waals surface area contributed by atoms with Crippen molar-refractivity contribution in [3.63, 3.8) is 0 Å². The van der Waals surface area contributed by atoms with Gasteiger partial charge in [-0.3, -0.25) is 29.9 Å². The minimum atomic E-state index is -1.27. The quantitative estimate of drug-likeness (QED) is 0.0794. The molecular weight excluding hydrogens is 669 g/mol. The first-order valence-electron chi connectivity index (χ1n) is 12.9. The predicted octanol–water partition coefficient (Wildman–Crippen LogP) is 1.20. The number of hydrogen-bond donors (Lipinski definition) is 3. The molecule has 1 saturated heterocycles. The third-order valence-corrected chi connectivity index (χ3v) is 9.56. The standard InChI is InChI=1S/C24H22N10O9S3/c1-32-23(28-30-31-32)46-9-12-8-44-20-16(19(36)33(20)17(12)21(37)38)26-18(35)15(29-42-2)14-10-45-22(25-14)27-24(39)43-7-11-3-5-13(6-4-11)34(40)41/h3-6,10,16,20H,7-9H2,1-2H3,(H,26,35)(H,37,38)(H,25,27,39)/t16?,20-/m1/s1. The van der Waals surface area contributed by atoms with Crippen LogP contribution in [0.4, 0.5) is 15.6 Å². The molecule has 5 rings (SSSR count). The summed E-state index contributed by atoms with van der Waals surface area (Å²) in [6.07, 6.45) is -0.864. The number of anilines is 1. The summed E-state index contributed by atoms with van der Waals surface area (Å²) in [4.78, 5) is 71.1. The van der Waals surface area contributed by atoms with Gasteiger partial charge in [-0.2, -0.15) is 0 Å². The average Bonchev–Trinajstić information content (AvgIpc) is 3.67. The molecule has 1 fully saturated rings. The lowest BCUT2D eigenvalue weighted by atomic mass is 10.0. The molecular formula is C24H22N10O9S3. The molecule has 0 bridgehead atoms. The Labute approximate surface area is 270 Å². The number of rotatable bonds is 12. The average molecular weight is 691 g/mol. The highest BCUT2D eigenvalue weighted by atomic mass is 32.2. The first-order chi connectivity index (χ1) is 22.1. The van der Waals surface area contributed by atoms with Crippen molar-refractivity contribution in [3.8, 4) is 0 Å². The van der Waals surface area contributed by atoms with Gasteiger partial charge in [0.2, 0.25) is 5.16 Å².